The third-order valence-corrected chi connectivity index (χ3v) is 5.23. The Hall–Kier alpha value is -3.15. The molecule has 0 unspecified atom stereocenters. The van der Waals surface area contributed by atoms with Crippen molar-refractivity contribution < 1.29 is 23.1 Å². The zero-order valence-corrected chi connectivity index (χ0v) is 16.0. The Morgan fingerprint density at radius 2 is 2.07 bits per heavy atom. The number of carbonyl (C=O) groups excluding carboxylic acids is 2. The van der Waals surface area contributed by atoms with Gasteiger partial charge in [0.1, 0.15) is 22.9 Å². The molecule has 2 atom stereocenters. The second kappa shape index (κ2) is 6.97. The number of pyridine rings is 1. The van der Waals surface area contributed by atoms with Gasteiger partial charge in [-0.2, -0.15) is 0 Å². The number of hydrogen-bond acceptors (Lipinski definition) is 6. The van der Waals surface area contributed by atoms with Gasteiger partial charge < -0.3 is 9.30 Å². The van der Waals surface area contributed by atoms with Crippen molar-refractivity contribution in [3.8, 4) is 0 Å². The zero-order valence-electron chi connectivity index (χ0n) is 16.0. The molecule has 2 aliphatic heterocycles. The molecule has 3 heterocycles. The summed E-state index contributed by atoms with van der Waals surface area (Å²) in [6.45, 7) is 1.64. The summed E-state index contributed by atoms with van der Waals surface area (Å²) in [5.41, 5.74) is 5.22. The number of aromatic nitrogens is 1. The summed E-state index contributed by atoms with van der Waals surface area (Å²) < 4.78 is 33.8. The number of ether oxygens (including phenoxy) is 1. The number of hydrazine groups is 1. The summed E-state index contributed by atoms with van der Waals surface area (Å²) in [6.07, 6.45) is 1.19. The minimum absolute atomic E-state index is 0.0101. The molecule has 11 heteroatoms. The van der Waals surface area contributed by atoms with Crippen molar-refractivity contribution in [3.63, 3.8) is 0 Å². The van der Waals surface area contributed by atoms with Gasteiger partial charge >= 0.3 is 0 Å². The zero-order chi connectivity index (χ0) is 21.8. The molecule has 1 fully saturated rings. The molecule has 0 spiro atoms. The first kappa shape index (κ1) is 20.1. The van der Waals surface area contributed by atoms with Gasteiger partial charge in [0.2, 0.25) is 5.85 Å². The van der Waals surface area contributed by atoms with Gasteiger partial charge in [0.15, 0.2) is 5.43 Å². The number of benzene rings is 1. The summed E-state index contributed by atoms with van der Waals surface area (Å²) in [4.78, 5) is 39.4. The molecule has 4 rings (SSSR count). The van der Waals surface area contributed by atoms with E-state index in [2.05, 4.69) is 0 Å². The van der Waals surface area contributed by atoms with Crippen LogP contribution in [-0.4, -0.2) is 44.8 Å². The fourth-order valence-electron chi connectivity index (χ4n) is 3.75. The van der Waals surface area contributed by atoms with E-state index in [9.17, 15) is 23.2 Å². The van der Waals surface area contributed by atoms with Crippen LogP contribution in [0.5, 0.6) is 0 Å². The van der Waals surface area contributed by atoms with Crippen LogP contribution in [0.3, 0.4) is 0 Å². The summed E-state index contributed by atoms with van der Waals surface area (Å²) in [5.74, 6) is 1.34. The molecular formula is C19H19F2N5O4. The Morgan fingerprint density at radius 3 is 2.77 bits per heavy atom. The van der Waals surface area contributed by atoms with Gasteiger partial charge in [0.25, 0.3) is 11.8 Å². The third kappa shape index (κ3) is 3.16. The minimum Gasteiger partial charge on any atom is -0.339 e. The standard InChI is InChI=1S/C19H19F2N5O4/c1-10-8-30-19(22)9-24-7-13(16(27)5-15(24)18(29)26(10)19)17(28)25(23)6-11-2-3-12(20)4-14(11)21/h2-5,7,10H,6,8-9,22-23H2,1H3/t10-,19-/m0/s1. The third-order valence-electron chi connectivity index (χ3n) is 5.23. The fourth-order valence-corrected chi connectivity index (χ4v) is 3.75. The Labute approximate surface area is 169 Å². The van der Waals surface area contributed by atoms with E-state index in [-0.39, 0.29) is 42.6 Å². The van der Waals surface area contributed by atoms with Crippen LogP contribution in [0.1, 0.15) is 33.3 Å². The van der Waals surface area contributed by atoms with Gasteiger partial charge in [-0.25, -0.2) is 14.6 Å². The molecule has 9 nitrogen and oxygen atoms in total. The van der Waals surface area contributed by atoms with Gasteiger partial charge in [0.05, 0.1) is 25.7 Å². The molecule has 2 amide bonds. The van der Waals surface area contributed by atoms with Crippen LogP contribution < -0.4 is 17.0 Å². The molecule has 1 aromatic heterocycles. The average molecular weight is 419 g/mol. The lowest BCUT2D eigenvalue weighted by atomic mass is 10.1. The van der Waals surface area contributed by atoms with E-state index in [4.69, 9.17) is 16.3 Å². The number of amides is 2. The van der Waals surface area contributed by atoms with Crippen molar-refractivity contribution in [1.82, 2.24) is 14.5 Å². The predicted molar refractivity (Wildman–Crippen MR) is 99.6 cm³/mol. The Balaban J connectivity index is 1.64. The highest BCUT2D eigenvalue weighted by Crippen LogP contribution is 2.31. The van der Waals surface area contributed by atoms with E-state index in [0.29, 0.717) is 11.1 Å². The second-order valence-corrected chi connectivity index (χ2v) is 7.41. The molecule has 1 saturated heterocycles. The van der Waals surface area contributed by atoms with Gasteiger partial charge in [-0.15, -0.1) is 0 Å². The fraction of sp³-hybridized carbons (Fsp3) is 0.316. The molecular weight excluding hydrogens is 400 g/mol. The maximum Gasteiger partial charge on any atom is 0.274 e. The quantitative estimate of drug-likeness (QED) is 0.414. The number of fused-ring (bicyclic) bond motifs is 2. The lowest BCUT2D eigenvalue weighted by Crippen LogP contribution is -2.63. The Bertz CT molecular complexity index is 1120. The molecule has 0 bridgehead atoms. The molecule has 0 aliphatic carbocycles. The lowest BCUT2D eigenvalue weighted by molar-refractivity contribution is -0.0848. The summed E-state index contributed by atoms with van der Waals surface area (Å²) in [7, 11) is 0. The molecule has 158 valence electrons. The van der Waals surface area contributed by atoms with E-state index in [0.717, 1.165) is 18.2 Å². The van der Waals surface area contributed by atoms with Crippen LogP contribution in [0.4, 0.5) is 8.78 Å². The highest BCUT2D eigenvalue weighted by atomic mass is 19.1. The highest BCUT2D eigenvalue weighted by molar-refractivity contribution is 5.97. The summed E-state index contributed by atoms with van der Waals surface area (Å²) >= 11 is 0. The molecule has 2 aliphatic rings. The van der Waals surface area contributed by atoms with E-state index >= 15 is 0 Å². The first-order valence-electron chi connectivity index (χ1n) is 9.12. The van der Waals surface area contributed by atoms with Crippen molar-refractivity contribution >= 4 is 11.8 Å². The van der Waals surface area contributed by atoms with Crippen LogP contribution in [0.15, 0.2) is 35.3 Å². The molecule has 4 N–H and O–H groups in total. The smallest absolute Gasteiger partial charge is 0.274 e. The first-order valence-corrected chi connectivity index (χ1v) is 9.12. The minimum atomic E-state index is -1.39. The normalized spacial score (nSPS) is 22.6. The molecule has 1 aromatic carbocycles. The SMILES string of the molecule is C[C@H]1CO[C@]2(N)Cn3cc(C(=O)N(N)Cc4ccc(F)cc4F)c(=O)cc3C(=O)N12. The predicted octanol–water partition coefficient (Wildman–Crippen LogP) is 0.130. The molecule has 0 saturated carbocycles. The number of nitrogens with zero attached hydrogens (tertiary/aromatic N) is 3. The maximum atomic E-state index is 13.9. The van der Waals surface area contributed by atoms with Crippen molar-refractivity contribution in [2.24, 2.45) is 11.6 Å². The molecule has 30 heavy (non-hydrogen) atoms. The van der Waals surface area contributed by atoms with Gasteiger partial charge in [0, 0.05) is 23.9 Å². The van der Waals surface area contributed by atoms with Crippen molar-refractivity contribution in [3.05, 3.63) is 69.1 Å². The van der Waals surface area contributed by atoms with Crippen LogP contribution >= 0.6 is 0 Å². The largest absolute Gasteiger partial charge is 0.339 e. The van der Waals surface area contributed by atoms with Crippen molar-refractivity contribution in [2.75, 3.05) is 6.61 Å². The van der Waals surface area contributed by atoms with Gasteiger partial charge in [-0.05, 0) is 13.0 Å². The number of rotatable bonds is 3. The van der Waals surface area contributed by atoms with Crippen LogP contribution in [0.25, 0.3) is 0 Å². The van der Waals surface area contributed by atoms with Crippen LogP contribution in [-0.2, 0) is 17.8 Å². The second-order valence-electron chi connectivity index (χ2n) is 7.41. The molecule has 2 aromatic rings. The first-order chi connectivity index (χ1) is 14.1. The number of nitrogens with two attached hydrogens (primary N) is 2. The number of halogens is 2. The summed E-state index contributed by atoms with van der Waals surface area (Å²) in [5, 5.41) is 0.642. The summed E-state index contributed by atoms with van der Waals surface area (Å²) in [6, 6.07) is 3.64. The van der Waals surface area contributed by atoms with Crippen LogP contribution in [0.2, 0.25) is 0 Å². The van der Waals surface area contributed by atoms with E-state index < -0.39 is 34.7 Å². The topological polar surface area (TPSA) is 124 Å². The van der Waals surface area contributed by atoms with Gasteiger partial charge in [-0.3, -0.25) is 30.0 Å². The Kier molecular flexibility index (Phi) is 4.68. The number of carbonyl (C=O) groups is 2. The maximum absolute atomic E-state index is 13.9. The van der Waals surface area contributed by atoms with E-state index in [1.807, 2.05) is 0 Å². The van der Waals surface area contributed by atoms with Crippen molar-refractivity contribution in [2.45, 2.75) is 31.9 Å². The van der Waals surface area contributed by atoms with E-state index in [1.165, 1.54) is 15.7 Å². The van der Waals surface area contributed by atoms with Crippen LogP contribution in [0, 0.1) is 11.6 Å². The van der Waals surface area contributed by atoms with Crippen molar-refractivity contribution in [1.29, 1.82) is 0 Å². The number of hydrogen-bond donors (Lipinski definition) is 2. The Morgan fingerprint density at radius 1 is 1.33 bits per heavy atom. The van der Waals surface area contributed by atoms with Gasteiger partial charge in [-0.1, -0.05) is 6.07 Å². The monoisotopic (exact) mass is 419 g/mol. The lowest BCUT2D eigenvalue weighted by Gasteiger charge is -2.40. The highest BCUT2D eigenvalue weighted by Gasteiger charge is 2.50. The average Bonchev–Trinajstić information content (AvgIpc) is 2.98. The molecule has 0 radical (unpaired) electrons. The van der Waals surface area contributed by atoms with E-state index in [1.54, 1.807) is 6.92 Å².